The fourth-order valence-electron chi connectivity index (χ4n) is 2.14. The van der Waals surface area contributed by atoms with E-state index in [2.05, 4.69) is 0 Å². The second kappa shape index (κ2) is 6.27. The molecule has 6 nitrogen and oxygen atoms in total. The van der Waals surface area contributed by atoms with Gasteiger partial charge < -0.3 is 15.2 Å². The van der Waals surface area contributed by atoms with Crippen LogP contribution in [0.15, 0.2) is 23.1 Å². The van der Waals surface area contributed by atoms with E-state index in [0.29, 0.717) is 0 Å². The van der Waals surface area contributed by atoms with Crippen LogP contribution in [0.2, 0.25) is 0 Å². The van der Waals surface area contributed by atoms with Crippen LogP contribution >= 0.6 is 0 Å². The van der Waals surface area contributed by atoms with Crippen LogP contribution in [0.25, 0.3) is 0 Å². The highest BCUT2D eigenvalue weighted by Crippen LogP contribution is 2.24. The van der Waals surface area contributed by atoms with E-state index in [-0.39, 0.29) is 42.5 Å². The Morgan fingerprint density at radius 2 is 2.24 bits per heavy atom. The molecule has 2 N–H and O–H groups in total. The number of ether oxygens (including phenoxy) is 2. The average molecular weight is 318 g/mol. The lowest BCUT2D eigenvalue weighted by Crippen LogP contribution is -2.51. The molecule has 0 radical (unpaired) electrons. The number of morpholine rings is 1. The van der Waals surface area contributed by atoms with Crippen LogP contribution < -0.4 is 10.5 Å². The van der Waals surface area contributed by atoms with Gasteiger partial charge in [0.2, 0.25) is 10.0 Å². The number of benzene rings is 1. The molecule has 0 spiro atoms. The minimum atomic E-state index is -3.77. The van der Waals surface area contributed by atoms with Crippen molar-refractivity contribution in [2.75, 3.05) is 26.8 Å². The third-order valence-corrected chi connectivity index (χ3v) is 5.26. The molecule has 0 bridgehead atoms. The van der Waals surface area contributed by atoms with Crippen molar-refractivity contribution in [1.82, 2.24) is 4.31 Å². The molecule has 1 fully saturated rings. The van der Waals surface area contributed by atoms with Crippen molar-refractivity contribution in [3.05, 3.63) is 24.0 Å². The lowest BCUT2D eigenvalue weighted by Gasteiger charge is -2.33. The van der Waals surface area contributed by atoms with E-state index in [9.17, 15) is 12.8 Å². The van der Waals surface area contributed by atoms with Crippen molar-refractivity contribution >= 4 is 10.0 Å². The molecule has 2 atom stereocenters. The molecule has 21 heavy (non-hydrogen) atoms. The van der Waals surface area contributed by atoms with Gasteiger partial charge in [-0.3, -0.25) is 0 Å². The van der Waals surface area contributed by atoms with Crippen LogP contribution in [0.1, 0.15) is 6.92 Å². The van der Waals surface area contributed by atoms with Gasteiger partial charge in [0, 0.05) is 19.1 Å². The summed E-state index contributed by atoms with van der Waals surface area (Å²) in [7, 11) is -2.45. The Hall–Kier alpha value is -1.22. The third kappa shape index (κ3) is 3.34. The number of hydrogen-bond acceptors (Lipinski definition) is 5. The predicted octanol–water partition coefficient (Wildman–Crippen LogP) is 0.571. The zero-order valence-electron chi connectivity index (χ0n) is 12.0. The van der Waals surface area contributed by atoms with Gasteiger partial charge in [-0.15, -0.1) is 0 Å². The van der Waals surface area contributed by atoms with Gasteiger partial charge in [0.25, 0.3) is 0 Å². The number of nitrogens with two attached hydrogens (primary N) is 1. The summed E-state index contributed by atoms with van der Waals surface area (Å²) in [6, 6.07) is 3.31. The van der Waals surface area contributed by atoms with Crippen molar-refractivity contribution in [1.29, 1.82) is 0 Å². The summed E-state index contributed by atoms with van der Waals surface area (Å²) in [5.74, 6) is -0.708. The molecule has 0 aliphatic carbocycles. The van der Waals surface area contributed by atoms with Crippen LogP contribution in [0.3, 0.4) is 0 Å². The highest BCUT2D eigenvalue weighted by molar-refractivity contribution is 7.89. The molecule has 1 aromatic carbocycles. The second-order valence-corrected chi connectivity index (χ2v) is 6.87. The minimum Gasteiger partial charge on any atom is -0.494 e. The van der Waals surface area contributed by atoms with Gasteiger partial charge in [0.1, 0.15) is 0 Å². The molecular weight excluding hydrogens is 299 g/mol. The number of nitrogens with zero attached hydrogens (tertiary/aromatic N) is 1. The van der Waals surface area contributed by atoms with Crippen LogP contribution in [0.4, 0.5) is 4.39 Å². The van der Waals surface area contributed by atoms with E-state index >= 15 is 0 Å². The van der Waals surface area contributed by atoms with Gasteiger partial charge in [-0.2, -0.15) is 4.31 Å². The van der Waals surface area contributed by atoms with E-state index < -0.39 is 15.8 Å². The van der Waals surface area contributed by atoms with Crippen LogP contribution in [-0.2, 0) is 14.8 Å². The predicted molar refractivity (Wildman–Crippen MR) is 75.1 cm³/mol. The highest BCUT2D eigenvalue weighted by Gasteiger charge is 2.32. The maximum atomic E-state index is 13.7. The van der Waals surface area contributed by atoms with E-state index in [4.69, 9.17) is 15.2 Å². The Morgan fingerprint density at radius 1 is 1.52 bits per heavy atom. The zero-order chi connectivity index (χ0) is 15.6. The molecule has 2 unspecified atom stereocenters. The first-order chi connectivity index (χ1) is 9.86. The monoisotopic (exact) mass is 318 g/mol. The first-order valence-corrected chi connectivity index (χ1v) is 8.01. The van der Waals surface area contributed by atoms with Crippen molar-refractivity contribution in [2.45, 2.75) is 24.0 Å². The normalized spacial score (nSPS) is 22.0. The summed E-state index contributed by atoms with van der Waals surface area (Å²) in [4.78, 5) is -0.105. The number of rotatable bonds is 4. The molecule has 1 aliphatic rings. The number of hydrogen-bond donors (Lipinski definition) is 1. The van der Waals surface area contributed by atoms with Gasteiger partial charge in [-0.1, -0.05) is 0 Å². The lowest BCUT2D eigenvalue weighted by molar-refractivity contribution is -0.0120. The molecule has 1 saturated heterocycles. The molecule has 8 heteroatoms. The minimum absolute atomic E-state index is 0.00406. The number of sulfonamides is 1. The van der Waals surface area contributed by atoms with E-state index in [0.717, 1.165) is 6.07 Å². The average Bonchev–Trinajstić information content (AvgIpc) is 2.47. The fraction of sp³-hybridized carbons (Fsp3) is 0.538. The number of methoxy groups -OCH3 is 1. The molecule has 0 amide bonds. The van der Waals surface area contributed by atoms with Gasteiger partial charge in [-0.05, 0) is 25.1 Å². The van der Waals surface area contributed by atoms with Crippen LogP contribution in [0, 0.1) is 5.82 Å². The second-order valence-electron chi connectivity index (χ2n) is 4.93. The number of halogens is 1. The van der Waals surface area contributed by atoms with Crippen LogP contribution in [0.5, 0.6) is 5.75 Å². The summed E-state index contributed by atoms with van der Waals surface area (Å²) >= 11 is 0. The Balaban J connectivity index is 2.27. The summed E-state index contributed by atoms with van der Waals surface area (Å²) in [6.45, 7) is 2.41. The van der Waals surface area contributed by atoms with Gasteiger partial charge in [-0.25, -0.2) is 12.8 Å². The van der Waals surface area contributed by atoms with Gasteiger partial charge in [0.15, 0.2) is 11.6 Å². The Labute approximate surface area is 123 Å². The largest absolute Gasteiger partial charge is 0.494 e. The highest BCUT2D eigenvalue weighted by atomic mass is 32.2. The Morgan fingerprint density at radius 3 is 2.81 bits per heavy atom. The molecule has 1 aliphatic heterocycles. The molecule has 118 valence electrons. The van der Waals surface area contributed by atoms with E-state index in [1.54, 1.807) is 6.92 Å². The summed E-state index contributed by atoms with van der Waals surface area (Å²) in [5.41, 5.74) is 5.75. The molecule has 0 saturated carbocycles. The van der Waals surface area contributed by atoms with Crippen LogP contribution in [-0.4, -0.2) is 51.7 Å². The summed E-state index contributed by atoms with van der Waals surface area (Å²) in [6.07, 6.45) is -0.364. The standard InChI is InChI=1S/C13H19FN2O4S/c1-9(15)13-8-16(5-6-20-13)21(17,18)10-3-4-12(19-2)11(14)7-10/h3-4,7,9,13H,5-6,8,15H2,1-2H3. The first kappa shape index (κ1) is 16.2. The SMILES string of the molecule is COc1ccc(S(=O)(=O)N2CCOC(C(C)N)C2)cc1F. The Kier molecular flexibility index (Phi) is 4.82. The summed E-state index contributed by atoms with van der Waals surface area (Å²) in [5, 5.41) is 0. The van der Waals surface area contributed by atoms with E-state index in [1.807, 2.05) is 0 Å². The summed E-state index contributed by atoms with van der Waals surface area (Å²) < 4.78 is 50.3. The molecule has 0 aromatic heterocycles. The quantitative estimate of drug-likeness (QED) is 0.878. The molecule has 1 aromatic rings. The maximum absolute atomic E-state index is 13.7. The smallest absolute Gasteiger partial charge is 0.243 e. The van der Waals surface area contributed by atoms with Gasteiger partial charge in [0.05, 0.1) is 24.7 Å². The maximum Gasteiger partial charge on any atom is 0.243 e. The van der Waals surface area contributed by atoms with E-state index in [1.165, 1.54) is 23.5 Å². The molecule has 2 rings (SSSR count). The molecular formula is C13H19FN2O4S. The van der Waals surface area contributed by atoms with Crippen molar-refractivity contribution < 1.29 is 22.3 Å². The zero-order valence-corrected chi connectivity index (χ0v) is 12.8. The van der Waals surface area contributed by atoms with Gasteiger partial charge >= 0.3 is 0 Å². The first-order valence-electron chi connectivity index (χ1n) is 6.57. The fourth-order valence-corrected chi connectivity index (χ4v) is 3.59. The van der Waals surface area contributed by atoms with Crippen molar-refractivity contribution in [3.63, 3.8) is 0 Å². The molecule has 1 heterocycles. The van der Waals surface area contributed by atoms with Crippen molar-refractivity contribution in [3.8, 4) is 5.75 Å². The van der Waals surface area contributed by atoms with Crippen molar-refractivity contribution in [2.24, 2.45) is 5.73 Å². The third-order valence-electron chi connectivity index (χ3n) is 3.40. The lowest BCUT2D eigenvalue weighted by atomic mass is 10.2. The topological polar surface area (TPSA) is 81.9 Å². The Bertz CT molecular complexity index is 606.